The van der Waals surface area contributed by atoms with Crippen molar-refractivity contribution in [2.45, 2.75) is 13.0 Å². The molecule has 0 unspecified atom stereocenters. The molecule has 5 nitrogen and oxygen atoms in total. The summed E-state index contributed by atoms with van der Waals surface area (Å²) in [4.78, 5) is 3.77. The summed E-state index contributed by atoms with van der Waals surface area (Å²) >= 11 is 0. The topological polar surface area (TPSA) is 75.0 Å². The molecule has 0 radical (unpaired) electrons. The molecule has 1 aromatic rings. The predicted octanol–water partition coefficient (Wildman–Crippen LogP) is -3.18. The zero-order chi connectivity index (χ0) is 9.03. The number of hydrogen-bond donors (Lipinski definition) is 0. The van der Waals surface area contributed by atoms with E-state index in [0.29, 0.717) is 13.0 Å². The first-order valence-corrected chi connectivity index (χ1v) is 5.05. The molecule has 0 amide bonds. The fourth-order valence-corrected chi connectivity index (χ4v) is 1.33. The molecule has 7 heteroatoms. The van der Waals surface area contributed by atoms with Gasteiger partial charge in [0.25, 0.3) is 0 Å². The van der Waals surface area contributed by atoms with Gasteiger partial charge < -0.3 is 9.12 Å². The minimum Gasteiger partial charge on any atom is -0.748 e. The minimum absolute atomic E-state index is 0. The third kappa shape index (κ3) is 5.88. The Morgan fingerprint density at radius 1 is 1.46 bits per heavy atom. The molecule has 0 aliphatic heterocycles. The fourth-order valence-electron chi connectivity index (χ4n) is 0.843. The largest absolute Gasteiger partial charge is 1.00 e. The molecular weight excluding hydrogens is 187 g/mol. The average Bonchev–Trinajstić information content (AvgIpc) is 2.36. The molecule has 0 aliphatic carbocycles. The summed E-state index contributed by atoms with van der Waals surface area (Å²) in [6, 6.07) is 0. The second-order valence-electron chi connectivity index (χ2n) is 2.42. The summed E-state index contributed by atoms with van der Waals surface area (Å²) in [5.74, 6) is -0.314. The van der Waals surface area contributed by atoms with Crippen molar-refractivity contribution in [1.29, 1.82) is 0 Å². The van der Waals surface area contributed by atoms with Crippen LogP contribution in [0.2, 0.25) is 0 Å². The zero-order valence-corrected chi connectivity index (χ0v) is 8.20. The van der Waals surface area contributed by atoms with E-state index in [1.165, 1.54) is 0 Å². The predicted molar refractivity (Wildman–Crippen MR) is 41.4 cm³/mol. The Balaban J connectivity index is 0.00000144. The van der Waals surface area contributed by atoms with E-state index >= 15 is 0 Å². The van der Waals surface area contributed by atoms with Gasteiger partial charge in [-0.3, -0.25) is 0 Å². The maximum Gasteiger partial charge on any atom is 1.00 e. The van der Waals surface area contributed by atoms with E-state index in [1.807, 2.05) is 0 Å². The van der Waals surface area contributed by atoms with Gasteiger partial charge in [-0.05, 0) is 6.42 Å². The first-order valence-electron chi connectivity index (χ1n) is 3.47. The van der Waals surface area contributed by atoms with E-state index in [2.05, 4.69) is 4.98 Å². The van der Waals surface area contributed by atoms with Crippen LogP contribution in [0.25, 0.3) is 0 Å². The van der Waals surface area contributed by atoms with Crippen LogP contribution in [0.4, 0.5) is 0 Å². The average molecular weight is 196 g/mol. The minimum atomic E-state index is -4.06. The third-order valence-electron chi connectivity index (χ3n) is 1.37. The van der Waals surface area contributed by atoms with Gasteiger partial charge in [0.15, 0.2) is 0 Å². The second kappa shape index (κ2) is 5.45. The van der Waals surface area contributed by atoms with E-state index < -0.39 is 10.1 Å². The van der Waals surface area contributed by atoms with Crippen molar-refractivity contribution < 1.29 is 31.8 Å². The number of rotatable bonds is 4. The Morgan fingerprint density at radius 2 is 2.15 bits per heavy atom. The quantitative estimate of drug-likeness (QED) is 0.376. The smallest absolute Gasteiger partial charge is 0.748 e. The van der Waals surface area contributed by atoms with Crippen LogP contribution in [0.15, 0.2) is 18.7 Å². The van der Waals surface area contributed by atoms with Crippen LogP contribution in [0.1, 0.15) is 6.42 Å². The molecular formula is C6H9LiN2O3S. The van der Waals surface area contributed by atoms with Gasteiger partial charge in [0.1, 0.15) is 0 Å². The number of imidazole rings is 1. The third-order valence-corrected chi connectivity index (χ3v) is 2.16. The fraction of sp³-hybridized carbons (Fsp3) is 0.500. The van der Waals surface area contributed by atoms with E-state index in [9.17, 15) is 13.0 Å². The van der Waals surface area contributed by atoms with Gasteiger partial charge in [0, 0.05) is 24.7 Å². The summed E-state index contributed by atoms with van der Waals surface area (Å²) in [6.07, 6.45) is 5.24. The van der Waals surface area contributed by atoms with Crippen LogP contribution >= 0.6 is 0 Å². The maximum absolute atomic E-state index is 10.2. The molecule has 68 valence electrons. The molecule has 0 fully saturated rings. The van der Waals surface area contributed by atoms with Gasteiger partial charge in [0.2, 0.25) is 0 Å². The van der Waals surface area contributed by atoms with Crippen LogP contribution in [-0.4, -0.2) is 28.3 Å². The van der Waals surface area contributed by atoms with Crippen molar-refractivity contribution in [2.75, 3.05) is 5.75 Å². The molecule has 0 saturated heterocycles. The Kier molecular flexibility index (Phi) is 5.33. The Hall–Kier alpha value is -0.283. The molecule has 0 aliphatic rings. The van der Waals surface area contributed by atoms with Crippen molar-refractivity contribution in [3.05, 3.63) is 18.7 Å². The number of aryl methyl sites for hydroxylation is 1. The maximum atomic E-state index is 10.2. The molecule has 1 rings (SSSR count). The summed E-state index contributed by atoms with van der Waals surface area (Å²) in [7, 11) is -4.06. The molecule has 1 heterocycles. The molecule has 0 N–H and O–H groups in total. The van der Waals surface area contributed by atoms with Crippen molar-refractivity contribution in [3.8, 4) is 0 Å². The first-order chi connectivity index (χ1) is 5.58. The molecule has 0 aromatic carbocycles. The van der Waals surface area contributed by atoms with Crippen LogP contribution in [-0.2, 0) is 16.7 Å². The first kappa shape index (κ1) is 12.7. The molecule has 0 atom stereocenters. The Bertz CT molecular complexity index is 322. The van der Waals surface area contributed by atoms with Gasteiger partial charge in [-0.15, -0.1) is 0 Å². The normalized spacial score (nSPS) is 10.8. The Labute approximate surface area is 89.1 Å². The van der Waals surface area contributed by atoms with Crippen molar-refractivity contribution in [2.24, 2.45) is 0 Å². The molecule has 1 aromatic heterocycles. The van der Waals surface area contributed by atoms with Crippen molar-refractivity contribution >= 4 is 10.1 Å². The van der Waals surface area contributed by atoms with Crippen LogP contribution < -0.4 is 18.9 Å². The van der Waals surface area contributed by atoms with Gasteiger partial charge in [-0.25, -0.2) is 13.4 Å². The van der Waals surface area contributed by atoms with Crippen molar-refractivity contribution in [1.82, 2.24) is 9.55 Å². The standard InChI is InChI=1S/C6H10N2O3S.Li/c9-12(10,11)5-1-3-8-4-2-7-6-8;/h2,4,6H,1,3,5H2,(H,9,10,11);/q;+1/p-1. The molecule has 0 bridgehead atoms. The van der Waals surface area contributed by atoms with Gasteiger partial charge in [0.05, 0.1) is 16.4 Å². The monoisotopic (exact) mass is 196 g/mol. The SMILES string of the molecule is O=S(=O)([O-])CCCn1ccnc1.[Li+]. The molecule has 0 saturated carbocycles. The van der Waals surface area contributed by atoms with Crippen LogP contribution in [0, 0.1) is 0 Å². The summed E-state index contributed by atoms with van der Waals surface area (Å²) < 4.78 is 32.3. The zero-order valence-electron chi connectivity index (χ0n) is 7.38. The van der Waals surface area contributed by atoms with E-state index in [-0.39, 0.29) is 24.6 Å². The van der Waals surface area contributed by atoms with Gasteiger partial charge in [-0.2, -0.15) is 0 Å². The van der Waals surface area contributed by atoms with Gasteiger partial charge in [-0.1, -0.05) is 0 Å². The van der Waals surface area contributed by atoms with Crippen LogP contribution in [0.5, 0.6) is 0 Å². The Morgan fingerprint density at radius 3 is 2.62 bits per heavy atom. The summed E-state index contributed by atoms with van der Waals surface area (Å²) in [6.45, 7) is 0.515. The van der Waals surface area contributed by atoms with E-state index in [0.717, 1.165) is 0 Å². The van der Waals surface area contributed by atoms with Crippen molar-refractivity contribution in [3.63, 3.8) is 0 Å². The number of aromatic nitrogens is 2. The summed E-state index contributed by atoms with van der Waals surface area (Å²) in [5, 5.41) is 0. The van der Waals surface area contributed by atoms with E-state index in [4.69, 9.17) is 0 Å². The molecule has 0 spiro atoms. The second-order valence-corrected chi connectivity index (χ2v) is 3.94. The number of hydrogen-bond acceptors (Lipinski definition) is 4. The van der Waals surface area contributed by atoms with E-state index in [1.54, 1.807) is 23.3 Å². The van der Waals surface area contributed by atoms with Gasteiger partial charge >= 0.3 is 18.9 Å². The molecule has 13 heavy (non-hydrogen) atoms. The van der Waals surface area contributed by atoms with Crippen LogP contribution in [0.3, 0.4) is 0 Å². The summed E-state index contributed by atoms with van der Waals surface area (Å²) in [5.41, 5.74) is 0. The number of nitrogens with zero attached hydrogens (tertiary/aromatic N) is 2.